The Kier molecular flexibility index (Phi) is 25.2. The number of nitrogens with one attached hydrogen (secondary N) is 2. The second-order valence-corrected chi connectivity index (χ2v) is 8.31. The topological polar surface area (TPSA) is 188 Å². The predicted molar refractivity (Wildman–Crippen MR) is 130 cm³/mol. The van der Waals surface area contributed by atoms with Crippen molar-refractivity contribution in [3.8, 4) is 0 Å². The van der Waals surface area contributed by atoms with Gasteiger partial charge < -0.3 is 26.8 Å². The largest absolute Gasteiger partial charge is 0.481 e. The van der Waals surface area contributed by atoms with Gasteiger partial charge in [0.25, 0.3) is 0 Å². The zero-order chi connectivity index (χ0) is 25.3. The van der Waals surface area contributed by atoms with E-state index in [0.717, 1.165) is 25.7 Å². The molecule has 0 aliphatic heterocycles. The van der Waals surface area contributed by atoms with Crippen LogP contribution in [0.5, 0.6) is 0 Å². The fourth-order valence-electron chi connectivity index (χ4n) is 3.05. The van der Waals surface area contributed by atoms with Crippen LogP contribution in [-0.2, 0) is 14.4 Å². The van der Waals surface area contributed by atoms with Gasteiger partial charge in [0.05, 0.1) is 0 Å². The summed E-state index contributed by atoms with van der Waals surface area (Å²) in [5, 5.41) is 25.9. The molecule has 0 aliphatic carbocycles. The zero-order valence-electron chi connectivity index (χ0n) is 20.4. The smallest absolute Gasteiger partial charge is 0.322 e. The molecule has 0 radical (unpaired) electrons. The molecule has 0 aromatic carbocycles. The van der Waals surface area contributed by atoms with Crippen LogP contribution in [-0.4, -0.2) is 58.4 Å². The third kappa shape index (κ3) is 26.4. The molecular formula is C23H48N4O6. The molecule has 0 amide bonds. The van der Waals surface area contributed by atoms with Gasteiger partial charge >= 0.3 is 17.9 Å². The van der Waals surface area contributed by atoms with E-state index >= 15 is 0 Å². The van der Waals surface area contributed by atoms with Crippen molar-refractivity contribution in [2.75, 3.05) is 13.1 Å². The molecule has 2 atom stereocenters. The third-order valence-corrected chi connectivity index (χ3v) is 5.16. The quantitative estimate of drug-likeness (QED) is 0.0903. The zero-order valence-corrected chi connectivity index (χ0v) is 20.4. The Balaban J connectivity index is 0. The SMILES string of the molecule is CCCCCCCCCCCCNNC(CCC(=O)O)C(=O)O.NCCCCC(N)C(=O)O. The molecule has 10 nitrogen and oxygen atoms in total. The lowest BCUT2D eigenvalue weighted by Crippen LogP contribution is -2.46. The van der Waals surface area contributed by atoms with Crippen molar-refractivity contribution in [3.05, 3.63) is 0 Å². The Labute approximate surface area is 198 Å². The van der Waals surface area contributed by atoms with Crippen LogP contribution >= 0.6 is 0 Å². The fourth-order valence-corrected chi connectivity index (χ4v) is 3.05. The van der Waals surface area contributed by atoms with Gasteiger partial charge in [0, 0.05) is 13.0 Å². The average molecular weight is 477 g/mol. The highest BCUT2D eigenvalue weighted by molar-refractivity contribution is 5.75. The highest BCUT2D eigenvalue weighted by Crippen LogP contribution is 2.10. The summed E-state index contributed by atoms with van der Waals surface area (Å²) in [5.74, 6) is -2.94. The molecule has 2 unspecified atom stereocenters. The third-order valence-electron chi connectivity index (χ3n) is 5.16. The standard InChI is InChI=1S/C17H34N2O4.C6H14N2O2/c1-2-3-4-5-6-7-8-9-10-11-14-18-19-15(17(22)23)12-13-16(20)21;7-4-2-1-3-5(8)6(9)10/h15,18-19H,2-14H2,1H3,(H,20,21)(H,22,23);5H,1-4,7-8H2,(H,9,10). The first-order chi connectivity index (χ1) is 15.8. The van der Waals surface area contributed by atoms with Crippen LogP contribution in [0.3, 0.4) is 0 Å². The van der Waals surface area contributed by atoms with E-state index in [2.05, 4.69) is 17.8 Å². The van der Waals surface area contributed by atoms with Crippen molar-refractivity contribution in [1.82, 2.24) is 10.9 Å². The van der Waals surface area contributed by atoms with E-state index in [-0.39, 0.29) is 12.8 Å². The molecule has 0 spiro atoms. The average Bonchev–Trinajstić information content (AvgIpc) is 2.76. The number of carboxylic acid groups (broad SMARTS) is 3. The first-order valence-electron chi connectivity index (χ1n) is 12.4. The number of carboxylic acids is 3. The maximum atomic E-state index is 10.9. The van der Waals surface area contributed by atoms with Gasteiger partial charge in [0.2, 0.25) is 0 Å². The molecule has 33 heavy (non-hydrogen) atoms. The molecule has 0 heterocycles. The molecule has 0 rings (SSSR count). The summed E-state index contributed by atoms with van der Waals surface area (Å²) < 4.78 is 0. The summed E-state index contributed by atoms with van der Waals surface area (Å²) >= 11 is 0. The van der Waals surface area contributed by atoms with E-state index in [1.165, 1.54) is 51.4 Å². The molecule has 0 aromatic rings. The molecule has 9 N–H and O–H groups in total. The van der Waals surface area contributed by atoms with Gasteiger partial charge in [-0.1, -0.05) is 71.1 Å². The second kappa shape index (κ2) is 24.9. The lowest BCUT2D eigenvalue weighted by atomic mass is 10.1. The van der Waals surface area contributed by atoms with Gasteiger partial charge in [-0.25, -0.2) is 5.43 Å². The van der Waals surface area contributed by atoms with Gasteiger partial charge in [-0.3, -0.25) is 19.8 Å². The van der Waals surface area contributed by atoms with Gasteiger partial charge in [-0.05, 0) is 32.2 Å². The number of unbranched alkanes of at least 4 members (excludes halogenated alkanes) is 10. The first-order valence-corrected chi connectivity index (χ1v) is 12.4. The molecule has 0 saturated heterocycles. The Bertz CT molecular complexity index is 494. The van der Waals surface area contributed by atoms with Crippen LogP contribution in [0.4, 0.5) is 0 Å². The summed E-state index contributed by atoms with van der Waals surface area (Å²) in [5.41, 5.74) is 16.0. The first kappa shape index (κ1) is 33.4. The number of rotatable bonds is 22. The minimum Gasteiger partial charge on any atom is -0.481 e. The summed E-state index contributed by atoms with van der Waals surface area (Å²) in [6.45, 7) is 3.54. The molecule has 0 bridgehead atoms. The minimum atomic E-state index is -1.03. The van der Waals surface area contributed by atoms with E-state index in [9.17, 15) is 14.4 Å². The number of hydrogen-bond acceptors (Lipinski definition) is 7. The van der Waals surface area contributed by atoms with E-state index in [1.807, 2.05) is 0 Å². The van der Waals surface area contributed by atoms with Crippen molar-refractivity contribution in [1.29, 1.82) is 0 Å². The van der Waals surface area contributed by atoms with Crippen LogP contribution in [0.25, 0.3) is 0 Å². The number of nitrogens with two attached hydrogens (primary N) is 2. The van der Waals surface area contributed by atoms with Gasteiger partial charge in [-0.15, -0.1) is 0 Å². The van der Waals surface area contributed by atoms with Crippen LogP contribution in [0.15, 0.2) is 0 Å². The Hall–Kier alpha value is -1.75. The molecule has 0 aromatic heterocycles. The van der Waals surface area contributed by atoms with Gasteiger partial charge in [-0.2, -0.15) is 0 Å². The number of carbonyl (C=O) groups is 3. The lowest BCUT2D eigenvalue weighted by Gasteiger charge is -2.14. The van der Waals surface area contributed by atoms with Crippen LogP contribution in [0, 0.1) is 0 Å². The van der Waals surface area contributed by atoms with E-state index in [0.29, 0.717) is 19.5 Å². The molecule has 0 aliphatic rings. The summed E-state index contributed by atoms with van der Waals surface area (Å²) in [4.78, 5) is 31.5. The molecule has 196 valence electrons. The van der Waals surface area contributed by atoms with Crippen molar-refractivity contribution >= 4 is 17.9 Å². The predicted octanol–water partition coefficient (Wildman–Crippen LogP) is 2.85. The normalized spacial score (nSPS) is 12.5. The van der Waals surface area contributed by atoms with Gasteiger partial charge in [0.1, 0.15) is 12.1 Å². The van der Waals surface area contributed by atoms with Crippen LogP contribution in [0.1, 0.15) is 103 Å². The molecular weight excluding hydrogens is 428 g/mol. The Morgan fingerprint density at radius 1 is 0.758 bits per heavy atom. The number of hydrazine groups is 1. The number of hydrogen-bond donors (Lipinski definition) is 7. The van der Waals surface area contributed by atoms with Crippen LogP contribution in [0.2, 0.25) is 0 Å². The summed E-state index contributed by atoms with van der Waals surface area (Å²) in [6, 6.07) is -1.57. The minimum absolute atomic E-state index is 0.0791. The van der Waals surface area contributed by atoms with Gasteiger partial charge in [0.15, 0.2) is 0 Å². The molecule has 0 fully saturated rings. The Morgan fingerprint density at radius 2 is 1.30 bits per heavy atom. The van der Waals surface area contributed by atoms with E-state index in [1.54, 1.807) is 0 Å². The van der Waals surface area contributed by atoms with Crippen molar-refractivity contribution < 1.29 is 29.7 Å². The highest BCUT2D eigenvalue weighted by Gasteiger charge is 2.17. The highest BCUT2D eigenvalue weighted by atomic mass is 16.4. The Morgan fingerprint density at radius 3 is 1.76 bits per heavy atom. The lowest BCUT2D eigenvalue weighted by molar-refractivity contribution is -0.141. The van der Waals surface area contributed by atoms with Crippen molar-refractivity contribution in [2.24, 2.45) is 11.5 Å². The van der Waals surface area contributed by atoms with Crippen molar-refractivity contribution in [3.63, 3.8) is 0 Å². The summed E-state index contributed by atoms with van der Waals surface area (Å²) in [7, 11) is 0. The molecule has 0 saturated carbocycles. The summed E-state index contributed by atoms with van der Waals surface area (Å²) in [6.07, 6.45) is 14.7. The monoisotopic (exact) mass is 476 g/mol. The maximum Gasteiger partial charge on any atom is 0.322 e. The van der Waals surface area contributed by atoms with Crippen molar-refractivity contribution in [2.45, 2.75) is 115 Å². The molecule has 10 heteroatoms. The number of aliphatic carboxylic acids is 3. The fraction of sp³-hybridized carbons (Fsp3) is 0.870. The van der Waals surface area contributed by atoms with E-state index in [4.69, 9.17) is 26.8 Å². The van der Waals surface area contributed by atoms with Crippen LogP contribution < -0.4 is 22.3 Å². The van der Waals surface area contributed by atoms with E-state index < -0.39 is 30.0 Å². The second-order valence-electron chi connectivity index (χ2n) is 8.31. The maximum absolute atomic E-state index is 10.9.